The summed E-state index contributed by atoms with van der Waals surface area (Å²) in [5.74, 6) is 0.0956. The van der Waals surface area contributed by atoms with Gasteiger partial charge in [-0.1, -0.05) is 6.07 Å². The second-order valence-corrected chi connectivity index (χ2v) is 4.88. The average Bonchev–Trinajstić information content (AvgIpc) is 2.63. The van der Waals surface area contributed by atoms with Crippen molar-refractivity contribution in [1.82, 2.24) is 4.98 Å². The molecule has 0 bridgehead atoms. The van der Waals surface area contributed by atoms with Crippen LogP contribution in [-0.2, 0) is 4.74 Å². The minimum atomic E-state index is -0.602. The molecule has 1 amide bonds. The van der Waals surface area contributed by atoms with Gasteiger partial charge >= 0.3 is 5.97 Å². The molecule has 1 heterocycles. The number of pyridine rings is 1. The third-order valence-corrected chi connectivity index (χ3v) is 3.18. The lowest BCUT2D eigenvalue weighted by Crippen LogP contribution is -2.16. The number of aromatic nitrogens is 1. The van der Waals surface area contributed by atoms with Gasteiger partial charge < -0.3 is 19.5 Å². The van der Waals surface area contributed by atoms with E-state index in [-0.39, 0.29) is 11.4 Å². The largest absolute Gasteiger partial charge is 0.490 e. The Labute approximate surface area is 145 Å². The fraction of sp³-hybridized carbons (Fsp3) is 0.278. The molecule has 0 aliphatic carbocycles. The molecule has 0 spiro atoms. The van der Waals surface area contributed by atoms with Crippen LogP contribution in [-0.4, -0.2) is 37.2 Å². The van der Waals surface area contributed by atoms with Gasteiger partial charge in [-0.25, -0.2) is 9.78 Å². The molecule has 0 unspecified atom stereocenters. The highest BCUT2D eigenvalue weighted by Gasteiger charge is 2.14. The summed E-state index contributed by atoms with van der Waals surface area (Å²) < 4.78 is 15.6. The Morgan fingerprint density at radius 1 is 1.00 bits per heavy atom. The van der Waals surface area contributed by atoms with Gasteiger partial charge in [0.25, 0.3) is 5.91 Å². The SMILES string of the molecule is CCOc1ccc(NC(=O)c2cccc(C(=O)OC)n2)cc1OCC. The lowest BCUT2D eigenvalue weighted by molar-refractivity contribution is 0.0594. The van der Waals surface area contributed by atoms with Gasteiger partial charge in [0, 0.05) is 11.8 Å². The summed E-state index contributed by atoms with van der Waals surface area (Å²) in [4.78, 5) is 27.9. The number of esters is 1. The van der Waals surface area contributed by atoms with Crippen LogP contribution in [0.1, 0.15) is 34.8 Å². The first-order valence-corrected chi connectivity index (χ1v) is 7.85. The van der Waals surface area contributed by atoms with Gasteiger partial charge in [-0.05, 0) is 38.1 Å². The zero-order valence-electron chi connectivity index (χ0n) is 14.4. The Bertz CT molecular complexity index is 761. The molecule has 0 saturated heterocycles. The van der Waals surface area contributed by atoms with Gasteiger partial charge in [-0.15, -0.1) is 0 Å². The molecule has 25 heavy (non-hydrogen) atoms. The van der Waals surface area contributed by atoms with Gasteiger partial charge in [0.15, 0.2) is 11.5 Å². The molecule has 1 aromatic heterocycles. The van der Waals surface area contributed by atoms with E-state index in [1.165, 1.54) is 19.2 Å². The molecule has 0 aliphatic heterocycles. The van der Waals surface area contributed by atoms with Gasteiger partial charge in [-0.2, -0.15) is 0 Å². The van der Waals surface area contributed by atoms with Crippen molar-refractivity contribution in [2.24, 2.45) is 0 Å². The van der Waals surface area contributed by atoms with Crippen LogP contribution in [0.2, 0.25) is 0 Å². The Hall–Kier alpha value is -3.09. The number of hydrogen-bond acceptors (Lipinski definition) is 6. The number of benzene rings is 1. The Morgan fingerprint density at radius 2 is 1.68 bits per heavy atom. The van der Waals surface area contributed by atoms with Crippen LogP contribution >= 0.6 is 0 Å². The van der Waals surface area contributed by atoms with Crippen LogP contribution in [0.5, 0.6) is 11.5 Å². The topological polar surface area (TPSA) is 86.8 Å². The zero-order valence-corrected chi connectivity index (χ0v) is 14.4. The van der Waals surface area contributed by atoms with E-state index in [9.17, 15) is 9.59 Å². The van der Waals surface area contributed by atoms with Crippen LogP contribution in [0.15, 0.2) is 36.4 Å². The third kappa shape index (κ3) is 4.69. The number of amides is 1. The minimum absolute atomic E-state index is 0.0665. The first-order chi connectivity index (χ1) is 12.1. The van der Waals surface area contributed by atoms with Crippen LogP contribution < -0.4 is 14.8 Å². The normalized spacial score (nSPS) is 10.0. The fourth-order valence-electron chi connectivity index (χ4n) is 2.10. The smallest absolute Gasteiger partial charge is 0.356 e. The van der Waals surface area contributed by atoms with Crippen molar-refractivity contribution in [3.8, 4) is 11.5 Å². The Balaban J connectivity index is 2.20. The van der Waals surface area contributed by atoms with Gasteiger partial charge in [0.1, 0.15) is 11.4 Å². The number of ether oxygens (including phenoxy) is 3. The minimum Gasteiger partial charge on any atom is -0.490 e. The maximum Gasteiger partial charge on any atom is 0.356 e. The number of hydrogen-bond donors (Lipinski definition) is 1. The lowest BCUT2D eigenvalue weighted by atomic mass is 10.2. The molecule has 132 valence electrons. The lowest BCUT2D eigenvalue weighted by Gasteiger charge is -2.13. The van der Waals surface area contributed by atoms with Gasteiger partial charge in [-0.3, -0.25) is 4.79 Å². The Morgan fingerprint density at radius 3 is 2.36 bits per heavy atom. The summed E-state index contributed by atoms with van der Waals surface area (Å²) in [6.07, 6.45) is 0. The van der Waals surface area contributed by atoms with Crippen LogP contribution in [0.3, 0.4) is 0 Å². The number of nitrogens with zero attached hydrogens (tertiary/aromatic N) is 1. The third-order valence-electron chi connectivity index (χ3n) is 3.18. The number of nitrogens with one attached hydrogen (secondary N) is 1. The first-order valence-electron chi connectivity index (χ1n) is 7.85. The van der Waals surface area contributed by atoms with Crippen molar-refractivity contribution >= 4 is 17.6 Å². The maximum absolute atomic E-state index is 12.4. The van der Waals surface area contributed by atoms with E-state index in [0.29, 0.717) is 30.4 Å². The van der Waals surface area contributed by atoms with Crippen molar-refractivity contribution in [2.75, 3.05) is 25.6 Å². The van der Waals surface area contributed by atoms with E-state index >= 15 is 0 Å². The van der Waals surface area contributed by atoms with Crippen molar-refractivity contribution in [1.29, 1.82) is 0 Å². The number of carbonyl (C=O) groups is 2. The van der Waals surface area contributed by atoms with Crippen LogP contribution in [0.4, 0.5) is 5.69 Å². The standard InChI is InChI=1S/C18H20N2O5/c1-4-24-15-10-9-12(11-16(15)25-5-2)19-17(21)13-7-6-8-14(20-13)18(22)23-3/h6-11H,4-5H2,1-3H3,(H,19,21). The van der Waals surface area contributed by atoms with Crippen molar-refractivity contribution in [3.63, 3.8) is 0 Å². The van der Waals surface area contributed by atoms with Gasteiger partial charge in [0.05, 0.1) is 20.3 Å². The quantitative estimate of drug-likeness (QED) is 0.777. The van der Waals surface area contributed by atoms with Gasteiger partial charge in [0.2, 0.25) is 0 Å². The summed E-state index contributed by atoms with van der Waals surface area (Å²) in [6.45, 7) is 4.73. The van der Waals surface area contributed by atoms with E-state index < -0.39 is 11.9 Å². The number of anilines is 1. The van der Waals surface area contributed by atoms with E-state index in [4.69, 9.17) is 9.47 Å². The number of rotatable bonds is 7. The summed E-state index contributed by atoms with van der Waals surface area (Å²) in [6, 6.07) is 9.67. The predicted molar refractivity (Wildman–Crippen MR) is 92.3 cm³/mol. The molecule has 0 aliphatic rings. The molecule has 7 nitrogen and oxygen atoms in total. The monoisotopic (exact) mass is 344 g/mol. The fourth-order valence-corrected chi connectivity index (χ4v) is 2.10. The summed E-state index contributed by atoms with van der Waals surface area (Å²) in [7, 11) is 1.26. The van der Waals surface area contributed by atoms with E-state index in [0.717, 1.165) is 0 Å². The summed E-state index contributed by atoms with van der Waals surface area (Å²) in [5.41, 5.74) is 0.703. The molecule has 0 saturated carbocycles. The predicted octanol–water partition coefficient (Wildman–Crippen LogP) is 2.92. The zero-order chi connectivity index (χ0) is 18.2. The van der Waals surface area contributed by atoms with Crippen molar-refractivity contribution in [2.45, 2.75) is 13.8 Å². The molecule has 7 heteroatoms. The number of carbonyl (C=O) groups excluding carboxylic acids is 2. The highest BCUT2D eigenvalue weighted by atomic mass is 16.5. The second kappa shape index (κ2) is 8.68. The molecule has 2 aromatic rings. The molecule has 1 N–H and O–H groups in total. The molecule has 0 fully saturated rings. The molecule has 2 rings (SSSR count). The highest BCUT2D eigenvalue weighted by molar-refractivity contribution is 6.03. The van der Waals surface area contributed by atoms with E-state index in [1.807, 2.05) is 13.8 Å². The van der Waals surface area contributed by atoms with Crippen molar-refractivity contribution in [3.05, 3.63) is 47.8 Å². The molecular formula is C18H20N2O5. The first kappa shape index (κ1) is 18.3. The maximum atomic E-state index is 12.4. The number of methoxy groups -OCH3 is 1. The summed E-state index contributed by atoms with van der Waals surface area (Å²) in [5, 5.41) is 2.72. The van der Waals surface area contributed by atoms with Crippen molar-refractivity contribution < 1.29 is 23.8 Å². The van der Waals surface area contributed by atoms with Crippen LogP contribution in [0.25, 0.3) is 0 Å². The average molecular weight is 344 g/mol. The molecule has 0 atom stereocenters. The Kier molecular flexibility index (Phi) is 6.33. The second-order valence-electron chi connectivity index (χ2n) is 4.88. The van der Waals surface area contributed by atoms with E-state index in [1.54, 1.807) is 24.3 Å². The summed E-state index contributed by atoms with van der Waals surface area (Å²) >= 11 is 0. The molecular weight excluding hydrogens is 324 g/mol. The highest BCUT2D eigenvalue weighted by Crippen LogP contribution is 2.30. The van der Waals surface area contributed by atoms with E-state index in [2.05, 4.69) is 15.0 Å². The molecule has 0 radical (unpaired) electrons. The molecule has 1 aromatic carbocycles. The van der Waals surface area contributed by atoms with Crippen LogP contribution in [0, 0.1) is 0 Å².